The van der Waals surface area contributed by atoms with Crippen LogP contribution in [0.1, 0.15) is 70.6 Å². The van der Waals surface area contributed by atoms with Gasteiger partial charge in [-0.2, -0.15) is 0 Å². The van der Waals surface area contributed by atoms with Gasteiger partial charge < -0.3 is 10.6 Å². The molecule has 2 unspecified atom stereocenters. The average molecular weight is 252 g/mol. The van der Waals surface area contributed by atoms with Crippen LogP contribution in [0.25, 0.3) is 0 Å². The molecule has 2 atom stereocenters. The summed E-state index contributed by atoms with van der Waals surface area (Å²) in [5, 5.41) is 0. The molecule has 2 aliphatic rings. The normalized spacial score (nSPS) is 32.2. The third-order valence-electron chi connectivity index (χ3n) is 5.12. The third kappa shape index (κ3) is 4.24. The first-order chi connectivity index (χ1) is 8.77. The highest BCUT2D eigenvalue weighted by molar-refractivity contribution is 4.83. The summed E-state index contributed by atoms with van der Waals surface area (Å²) in [6.45, 7) is 1.29. The Morgan fingerprint density at radius 3 is 2.11 bits per heavy atom. The topological polar surface area (TPSA) is 29.3 Å². The van der Waals surface area contributed by atoms with Crippen LogP contribution in [0.15, 0.2) is 0 Å². The monoisotopic (exact) mass is 252 g/mol. The maximum atomic E-state index is 6.41. The van der Waals surface area contributed by atoms with Crippen LogP contribution >= 0.6 is 0 Å². The number of hydrogen-bond donors (Lipinski definition) is 1. The highest BCUT2D eigenvalue weighted by atomic mass is 15.1. The molecule has 0 heterocycles. The van der Waals surface area contributed by atoms with E-state index in [1.165, 1.54) is 77.2 Å². The Labute approximate surface area is 113 Å². The van der Waals surface area contributed by atoms with Crippen LogP contribution in [0.2, 0.25) is 0 Å². The van der Waals surface area contributed by atoms with E-state index < -0.39 is 0 Å². The standard InChI is InChI=1S/C16H32N2/c1-18(13-14-9-5-4-6-10-14)16-12-8-3-2-7-11-15(16)17/h14-16H,2-13,17H2,1H3. The Morgan fingerprint density at radius 1 is 0.833 bits per heavy atom. The van der Waals surface area contributed by atoms with Crippen molar-refractivity contribution in [3.63, 3.8) is 0 Å². The van der Waals surface area contributed by atoms with Crippen molar-refractivity contribution in [2.45, 2.75) is 82.7 Å². The largest absolute Gasteiger partial charge is 0.326 e. The molecule has 2 saturated carbocycles. The maximum Gasteiger partial charge on any atom is 0.0244 e. The molecule has 2 nitrogen and oxygen atoms in total. The van der Waals surface area contributed by atoms with Crippen molar-refractivity contribution < 1.29 is 0 Å². The summed E-state index contributed by atoms with van der Waals surface area (Å²) in [5.41, 5.74) is 6.41. The van der Waals surface area contributed by atoms with E-state index in [0.29, 0.717) is 12.1 Å². The molecule has 0 aromatic carbocycles. The molecule has 0 spiro atoms. The summed E-state index contributed by atoms with van der Waals surface area (Å²) in [4.78, 5) is 2.60. The van der Waals surface area contributed by atoms with Crippen molar-refractivity contribution in [1.82, 2.24) is 4.90 Å². The van der Waals surface area contributed by atoms with Crippen molar-refractivity contribution >= 4 is 0 Å². The molecular formula is C16H32N2. The zero-order valence-electron chi connectivity index (χ0n) is 12.2. The quantitative estimate of drug-likeness (QED) is 0.832. The number of likely N-dealkylation sites (N-methyl/N-ethyl adjacent to an activating group) is 1. The number of hydrogen-bond acceptors (Lipinski definition) is 2. The molecule has 0 radical (unpaired) electrons. The molecule has 106 valence electrons. The molecule has 18 heavy (non-hydrogen) atoms. The first kappa shape index (κ1) is 14.3. The zero-order chi connectivity index (χ0) is 12.8. The van der Waals surface area contributed by atoms with E-state index in [0.717, 1.165) is 5.92 Å². The molecule has 2 aliphatic carbocycles. The van der Waals surface area contributed by atoms with Gasteiger partial charge >= 0.3 is 0 Å². The predicted octanol–water partition coefficient (Wildman–Crippen LogP) is 3.55. The van der Waals surface area contributed by atoms with Gasteiger partial charge in [0, 0.05) is 18.6 Å². The second-order valence-electron chi connectivity index (χ2n) is 6.67. The molecule has 0 bridgehead atoms. The van der Waals surface area contributed by atoms with Gasteiger partial charge in [0.2, 0.25) is 0 Å². The highest BCUT2D eigenvalue weighted by Crippen LogP contribution is 2.26. The fourth-order valence-corrected chi connectivity index (χ4v) is 3.95. The van der Waals surface area contributed by atoms with Gasteiger partial charge in [-0.3, -0.25) is 0 Å². The zero-order valence-corrected chi connectivity index (χ0v) is 12.2. The van der Waals surface area contributed by atoms with Gasteiger partial charge in [-0.1, -0.05) is 44.9 Å². The average Bonchev–Trinajstić information content (AvgIpc) is 2.35. The van der Waals surface area contributed by atoms with E-state index in [4.69, 9.17) is 5.73 Å². The van der Waals surface area contributed by atoms with Crippen LogP contribution in [0, 0.1) is 5.92 Å². The second kappa shape index (κ2) is 7.49. The Hall–Kier alpha value is -0.0800. The Morgan fingerprint density at radius 2 is 1.39 bits per heavy atom. The van der Waals surface area contributed by atoms with Crippen LogP contribution in [-0.4, -0.2) is 30.6 Å². The molecule has 0 aromatic rings. The second-order valence-corrected chi connectivity index (χ2v) is 6.67. The smallest absolute Gasteiger partial charge is 0.0244 e. The van der Waals surface area contributed by atoms with Crippen LogP contribution in [0.3, 0.4) is 0 Å². The Kier molecular flexibility index (Phi) is 5.97. The molecule has 0 amide bonds. The van der Waals surface area contributed by atoms with Gasteiger partial charge in [-0.25, -0.2) is 0 Å². The minimum atomic E-state index is 0.416. The van der Waals surface area contributed by atoms with E-state index in [1.807, 2.05) is 0 Å². The fraction of sp³-hybridized carbons (Fsp3) is 1.00. The number of nitrogens with two attached hydrogens (primary N) is 1. The Balaban J connectivity index is 1.82. The van der Waals surface area contributed by atoms with E-state index in [1.54, 1.807) is 0 Å². The van der Waals surface area contributed by atoms with Gasteiger partial charge in [0.15, 0.2) is 0 Å². The van der Waals surface area contributed by atoms with Crippen LogP contribution in [0.5, 0.6) is 0 Å². The lowest BCUT2D eigenvalue weighted by molar-refractivity contribution is 0.144. The molecule has 2 heteroatoms. The number of nitrogens with zero attached hydrogens (tertiary/aromatic N) is 1. The van der Waals surface area contributed by atoms with E-state index in [-0.39, 0.29) is 0 Å². The summed E-state index contributed by atoms with van der Waals surface area (Å²) in [6, 6.07) is 1.06. The lowest BCUT2D eigenvalue weighted by atomic mass is 9.87. The van der Waals surface area contributed by atoms with E-state index in [9.17, 15) is 0 Å². The molecule has 2 fully saturated rings. The third-order valence-corrected chi connectivity index (χ3v) is 5.12. The van der Waals surface area contributed by atoms with Crippen molar-refractivity contribution in [2.75, 3.05) is 13.6 Å². The minimum Gasteiger partial charge on any atom is -0.326 e. The van der Waals surface area contributed by atoms with Gasteiger partial charge in [0.25, 0.3) is 0 Å². The summed E-state index contributed by atoms with van der Waals surface area (Å²) in [7, 11) is 2.32. The fourth-order valence-electron chi connectivity index (χ4n) is 3.95. The van der Waals surface area contributed by atoms with Gasteiger partial charge in [-0.05, 0) is 38.6 Å². The van der Waals surface area contributed by atoms with Crippen molar-refractivity contribution in [2.24, 2.45) is 11.7 Å². The van der Waals surface area contributed by atoms with Crippen LogP contribution in [0.4, 0.5) is 0 Å². The minimum absolute atomic E-state index is 0.416. The van der Waals surface area contributed by atoms with E-state index >= 15 is 0 Å². The molecular weight excluding hydrogens is 220 g/mol. The van der Waals surface area contributed by atoms with Crippen LogP contribution < -0.4 is 5.73 Å². The Bertz CT molecular complexity index is 223. The van der Waals surface area contributed by atoms with Crippen molar-refractivity contribution in [1.29, 1.82) is 0 Å². The molecule has 0 saturated heterocycles. The van der Waals surface area contributed by atoms with E-state index in [2.05, 4.69) is 11.9 Å². The summed E-state index contributed by atoms with van der Waals surface area (Å²) in [5.74, 6) is 0.946. The number of rotatable bonds is 3. The summed E-state index contributed by atoms with van der Waals surface area (Å²) in [6.07, 6.45) is 15.4. The first-order valence-corrected chi connectivity index (χ1v) is 8.23. The summed E-state index contributed by atoms with van der Waals surface area (Å²) >= 11 is 0. The SMILES string of the molecule is CN(CC1CCCCC1)C1CCCCCCC1N. The molecule has 0 aromatic heterocycles. The predicted molar refractivity (Wildman–Crippen MR) is 78.7 cm³/mol. The van der Waals surface area contributed by atoms with Crippen LogP contribution in [-0.2, 0) is 0 Å². The van der Waals surface area contributed by atoms with Crippen molar-refractivity contribution in [3.8, 4) is 0 Å². The lowest BCUT2D eigenvalue weighted by Crippen LogP contribution is -2.48. The van der Waals surface area contributed by atoms with Gasteiger partial charge in [-0.15, -0.1) is 0 Å². The van der Waals surface area contributed by atoms with Gasteiger partial charge in [0.05, 0.1) is 0 Å². The molecule has 2 N–H and O–H groups in total. The maximum absolute atomic E-state index is 6.41. The summed E-state index contributed by atoms with van der Waals surface area (Å²) < 4.78 is 0. The molecule has 0 aliphatic heterocycles. The lowest BCUT2D eigenvalue weighted by Gasteiger charge is -2.37. The van der Waals surface area contributed by atoms with Gasteiger partial charge in [0.1, 0.15) is 0 Å². The first-order valence-electron chi connectivity index (χ1n) is 8.23. The molecule has 2 rings (SSSR count). The highest BCUT2D eigenvalue weighted by Gasteiger charge is 2.25. The van der Waals surface area contributed by atoms with Crippen molar-refractivity contribution in [3.05, 3.63) is 0 Å².